The average Bonchev–Trinajstić information content (AvgIpc) is 3.19. The third-order valence-corrected chi connectivity index (χ3v) is 10.8. The molecule has 3 unspecified atom stereocenters. The third kappa shape index (κ3) is 43.6. The van der Waals surface area contributed by atoms with Crippen LogP contribution in [0.2, 0.25) is 0 Å². The largest absolute Gasteiger partial charge is 0.756 e. The standard InChI is InChI=1S/C50H89N2O6P/c1-6-8-10-12-14-16-18-19-20-21-22-23-24-25-26-27-28-29-30-31-32-33-34-36-38-40-42-44-50(54)51-48(47-58-59(55,56)57-46-45-52(3,4)5)49(53)43-41-39-37-35-17-15-13-11-9-7-2/h8,10,14,16-17,19-20,22-23,25-26,35,41,43,48-49,53H,6-7,9,11-13,15,18,21,24,27-34,36-40,42,44-47H2,1-5H3,(H-,51,54,55,56)/b10-8-,16-14-,20-19-,23-22-,26-25-,35-17+,43-41+. The number of hydrogen-bond donors (Lipinski definition) is 2. The fourth-order valence-corrected chi connectivity index (χ4v) is 6.86. The highest BCUT2D eigenvalue weighted by molar-refractivity contribution is 7.45. The molecule has 59 heavy (non-hydrogen) atoms. The van der Waals surface area contributed by atoms with E-state index in [2.05, 4.69) is 92.1 Å². The maximum atomic E-state index is 12.8. The summed E-state index contributed by atoms with van der Waals surface area (Å²) < 4.78 is 23.1. The smallest absolute Gasteiger partial charge is 0.268 e. The molecule has 0 fully saturated rings. The second-order valence-corrected chi connectivity index (χ2v) is 18.1. The van der Waals surface area contributed by atoms with Crippen molar-refractivity contribution in [1.29, 1.82) is 0 Å². The number of nitrogens with one attached hydrogen (secondary N) is 1. The predicted octanol–water partition coefficient (Wildman–Crippen LogP) is 12.7. The number of carbonyl (C=O) groups excluding carboxylic acids is 1. The Hall–Kier alpha value is -2.32. The summed E-state index contributed by atoms with van der Waals surface area (Å²) in [6.07, 6.45) is 56.5. The number of unbranched alkanes of at least 4 members (excludes halogenated alkanes) is 16. The summed E-state index contributed by atoms with van der Waals surface area (Å²) in [4.78, 5) is 25.3. The van der Waals surface area contributed by atoms with Crippen molar-refractivity contribution in [3.63, 3.8) is 0 Å². The molecule has 2 N–H and O–H groups in total. The van der Waals surface area contributed by atoms with E-state index in [4.69, 9.17) is 9.05 Å². The van der Waals surface area contributed by atoms with E-state index >= 15 is 0 Å². The Kier molecular flexibility index (Phi) is 39.4. The molecule has 0 saturated carbocycles. The topological polar surface area (TPSA) is 108 Å². The van der Waals surface area contributed by atoms with Crippen molar-refractivity contribution in [2.24, 2.45) is 0 Å². The predicted molar refractivity (Wildman–Crippen MR) is 251 cm³/mol. The van der Waals surface area contributed by atoms with Crippen molar-refractivity contribution in [3.05, 3.63) is 85.1 Å². The number of rotatable bonds is 41. The molecule has 1 amide bonds. The highest BCUT2D eigenvalue weighted by Gasteiger charge is 2.23. The molecule has 0 radical (unpaired) electrons. The molecule has 0 heterocycles. The van der Waals surface area contributed by atoms with Gasteiger partial charge in [-0.25, -0.2) is 0 Å². The lowest BCUT2D eigenvalue weighted by Crippen LogP contribution is -2.45. The molecule has 3 atom stereocenters. The van der Waals surface area contributed by atoms with Crippen LogP contribution >= 0.6 is 7.82 Å². The number of aliphatic hydroxyl groups excluding tert-OH is 1. The zero-order valence-corrected chi connectivity index (χ0v) is 39.3. The number of carbonyl (C=O) groups is 1. The fourth-order valence-electron chi connectivity index (χ4n) is 6.13. The van der Waals surface area contributed by atoms with E-state index in [1.807, 2.05) is 27.2 Å². The fraction of sp³-hybridized carbons (Fsp3) is 0.700. The molecule has 0 spiro atoms. The van der Waals surface area contributed by atoms with Crippen molar-refractivity contribution < 1.29 is 32.9 Å². The average molecular weight is 845 g/mol. The van der Waals surface area contributed by atoms with Crippen LogP contribution in [0.15, 0.2) is 85.1 Å². The van der Waals surface area contributed by atoms with E-state index in [1.54, 1.807) is 6.08 Å². The van der Waals surface area contributed by atoms with Crippen LogP contribution in [0.1, 0.15) is 174 Å². The van der Waals surface area contributed by atoms with Crippen LogP contribution in [0.4, 0.5) is 0 Å². The number of allylic oxidation sites excluding steroid dienone is 13. The minimum absolute atomic E-state index is 0.0111. The van der Waals surface area contributed by atoms with Crippen LogP contribution < -0.4 is 10.2 Å². The molecule has 0 rings (SSSR count). The van der Waals surface area contributed by atoms with Gasteiger partial charge in [-0.1, -0.05) is 176 Å². The summed E-state index contributed by atoms with van der Waals surface area (Å²) in [5.74, 6) is -0.218. The lowest BCUT2D eigenvalue weighted by atomic mass is 10.0. The van der Waals surface area contributed by atoms with Gasteiger partial charge in [0.1, 0.15) is 13.2 Å². The van der Waals surface area contributed by atoms with Gasteiger partial charge in [0.05, 0.1) is 39.9 Å². The highest BCUT2D eigenvalue weighted by Crippen LogP contribution is 2.38. The summed E-state index contributed by atoms with van der Waals surface area (Å²) in [7, 11) is 1.23. The molecular weight excluding hydrogens is 756 g/mol. The third-order valence-electron chi connectivity index (χ3n) is 9.84. The van der Waals surface area contributed by atoms with Crippen molar-refractivity contribution in [3.8, 4) is 0 Å². The Balaban J connectivity index is 4.22. The summed E-state index contributed by atoms with van der Waals surface area (Å²) >= 11 is 0. The van der Waals surface area contributed by atoms with Gasteiger partial charge in [0, 0.05) is 6.42 Å². The first-order chi connectivity index (χ1) is 28.5. The maximum Gasteiger partial charge on any atom is 0.268 e. The van der Waals surface area contributed by atoms with Gasteiger partial charge in [-0.2, -0.15) is 0 Å². The quantitative estimate of drug-likeness (QED) is 0.0275. The van der Waals surface area contributed by atoms with Crippen LogP contribution in [-0.4, -0.2) is 68.5 Å². The monoisotopic (exact) mass is 845 g/mol. The molecule has 0 aliphatic heterocycles. The molecule has 0 aromatic carbocycles. The SMILES string of the molecule is CC/C=C\C/C=C\C/C=C\C/C=C\C/C=C\CCCCCCCCCCCCCC(=O)NC(COP(=O)([O-])OCC[N+](C)(C)C)C(O)/C=C/CC/C=C/CCCCCC. The van der Waals surface area contributed by atoms with Crippen LogP contribution in [-0.2, 0) is 18.4 Å². The van der Waals surface area contributed by atoms with Gasteiger partial charge >= 0.3 is 0 Å². The van der Waals surface area contributed by atoms with Gasteiger partial charge in [-0.3, -0.25) is 9.36 Å². The summed E-state index contributed by atoms with van der Waals surface area (Å²) in [6.45, 7) is 4.45. The minimum Gasteiger partial charge on any atom is -0.756 e. The van der Waals surface area contributed by atoms with E-state index in [9.17, 15) is 19.4 Å². The molecule has 0 bridgehead atoms. The molecule has 8 nitrogen and oxygen atoms in total. The van der Waals surface area contributed by atoms with Crippen molar-refractivity contribution >= 4 is 13.7 Å². The van der Waals surface area contributed by atoms with Gasteiger partial charge < -0.3 is 28.8 Å². The second-order valence-electron chi connectivity index (χ2n) is 16.7. The second kappa shape index (κ2) is 41.1. The Morgan fingerprint density at radius 1 is 0.610 bits per heavy atom. The first-order valence-corrected chi connectivity index (χ1v) is 24.9. The van der Waals surface area contributed by atoms with Crippen molar-refractivity contribution in [2.45, 2.75) is 187 Å². The minimum atomic E-state index is -4.60. The van der Waals surface area contributed by atoms with E-state index < -0.39 is 26.6 Å². The Bertz CT molecular complexity index is 1230. The molecule has 0 aliphatic carbocycles. The van der Waals surface area contributed by atoms with Gasteiger partial charge in [0.2, 0.25) is 5.91 Å². The van der Waals surface area contributed by atoms with Gasteiger partial charge in [0.25, 0.3) is 7.82 Å². The summed E-state index contributed by atoms with van der Waals surface area (Å²) in [5, 5.41) is 13.7. The molecule has 0 aliphatic rings. The van der Waals surface area contributed by atoms with Crippen molar-refractivity contribution in [2.75, 3.05) is 40.9 Å². The first-order valence-electron chi connectivity index (χ1n) is 23.4. The van der Waals surface area contributed by atoms with Crippen LogP contribution in [0, 0.1) is 0 Å². The van der Waals surface area contributed by atoms with E-state index in [-0.39, 0.29) is 12.5 Å². The number of nitrogens with zero attached hydrogens (tertiary/aromatic N) is 1. The summed E-state index contributed by atoms with van der Waals surface area (Å²) in [5.41, 5.74) is 0. The molecule has 340 valence electrons. The number of hydrogen-bond acceptors (Lipinski definition) is 6. The number of amides is 1. The molecule has 9 heteroatoms. The molecule has 0 saturated heterocycles. The first kappa shape index (κ1) is 56.7. The van der Waals surface area contributed by atoms with E-state index in [0.29, 0.717) is 17.4 Å². The normalized spacial score (nSPS) is 15.0. The lowest BCUT2D eigenvalue weighted by molar-refractivity contribution is -0.870. The number of likely N-dealkylation sites (N-methyl/N-ethyl adjacent to an activating group) is 1. The maximum absolute atomic E-state index is 12.8. The zero-order valence-electron chi connectivity index (χ0n) is 38.4. The Morgan fingerprint density at radius 3 is 1.58 bits per heavy atom. The van der Waals surface area contributed by atoms with Gasteiger partial charge in [0.15, 0.2) is 0 Å². The molecule has 0 aromatic heterocycles. The number of aliphatic hydroxyl groups is 1. The zero-order chi connectivity index (χ0) is 43.6. The highest BCUT2D eigenvalue weighted by atomic mass is 31.2. The van der Waals surface area contributed by atoms with E-state index in [1.165, 1.54) is 83.5 Å². The van der Waals surface area contributed by atoms with Gasteiger partial charge in [-0.05, 0) is 77.0 Å². The Morgan fingerprint density at radius 2 is 1.05 bits per heavy atom. The number of quaternary nitrogens is 1. The van der Waals surface area contributed by atoms with Gasteiger partial charge in [-0.15, -0.1) is 0 Å². The number of phosphoric ester groups is 1. The molecule has 0 aromatic rings. The number of phosphoric acid groups is 1. The van der Waals surface area contributed by atoms with Crippen LogP contribution in [0.25, 0.3) is 0 Å². The van der Waals surface area contributed by atoms with Crippen LogP contribution in [0.5, 0.6) is 0 Å². The van der Waals surface area contributed by atoms with Crippen LogP contribution in [0.3, 0.4) is 0 Å². The van der Waals surface area contributed by atoms with Crippen molar-refractivity contribution in [1.82, 2.24) is 5.32 Å². The molecular formula is C50H89N2O6P. The van der Waals surface area contributed by atoms with E-state index in [0.717, 1.165) is 70.6 Å². The summed E-state index contributed by atoms with van der Waals surface area (Å²) in [6, 6.07) is -0.907. The Labute approximate surface area is 363 Å². The lowest BCUT2D eigenvalue weighted by Gasteiger charge is -2.29.